The molecule has 0 aliphatic rings. The first-order valence-electron chi connectivity index (χ1n) is 5.25. The van der Waals surface area contributed by atoms with Gasteiger partial charge in [-0.2, -0.15) is 10.5 Å². The van der Waals surface area contributed by atoms with E-state index in [4.69, 9.17) is 15.3 Å². The second-order valence-electron chi connectivity index (χ2n) is 3.52. The lowest BCUT2D eigenvalue weighted by Gasteiger charge is -2.07. The van der Waals surface area contributed by atoms with Crippen LogP contribution in [-0.4, -0.2) is 6.61 Å². The summed E-state index contributed by atoms with van der Waals surface area (Å²) in [5.74, 6) is -0.177. The van der Waals surface area contributed by atoms with Crippen molar-refractivity contribution in [2.45, 2.75) is 19.4 Å². The van der Waals surface area contributed by atoms with E-state index >= 15 is 0 Å². The Bertz CT molecular complexity index is 375. The zero-order valence-corrected chi connectivity index (χ0v) is 9.10. The van der Waals surface area contributed by atoms with Crippen LogP contribution in [0.5, 0.6) is 0 Å². The van der Waals surface area contributed by atoms with Crippen molar-refractivity contribution in [2.75, 3.05) is 6.61 Å². The quantitative estimate of drug-likeness (QED) is 0.731. The minimum Gasteiger partial charge on any atom is -0.375 e. The number of benzene rings is 1. The summed E-state index contributed by atoms with van der Waals surface area (Å²) in [5.41, 5.74) is 1.10. The SMILES string of the molecule is N#CCCC(C#N)COCc1ccccc1. The summed E-state index contributed by atoms with van der Waals surface area (Å²) in [7, 11) is 0. The number of hydrogen-bond donors (Lipinski definition) is 0. The van der Waals surface area contributed by atoms with E-state index in [9.17, 15) is 0 Å². The molecule has 3 heteroatoms. The molecule has 82 valence electrons. The van der Waals surface area contributed by atoms with Crippen molar-refractivity contribution >= 4 is 0 Å². The Balaban J connectivity index is 2.24. The molecule has 0 aromatic heterocycles. The summed E-state index contributed by atoms with van der Waals surface area (Å²) in [6.07, 6.45) is 0.995. The highest BCUT2D eigenvalue weighted by molar-refractivity contribution is 5.13. The monoisotopic (exact) mass is 214 g/mol. The first-order valence-corrected chi connectivity index (χ1v) is 5.25. The second kappa shape index (κ2) is 7.45. The molecular formula is C13H14N2O. The van der Waals surface area contributed by atoms with E-state index in [0.717, 1.165) is 5.56 Å². The lowest BCUT2D eigenvalue weighted by molar-refractivity contribution is 0.0994. The van der Waals surface area contributed by atoms with Gasteiger partial charge in [-0.15, -0.1) is 0 Å². The van der Waals surface area contributed by atoms with Gasteiger partial charge in [-0.1, -0.05) is 30.3 Å². The van der Waals surface area contributed by atoms with Crippen molar-refractivity contribution in [3.05, 3.63) is 35.9 Å². The predicted molar refractivity (Wildman–Crippen MR) is 60.0 cm³/mol. The molecule has 1 aromatic carbocycles. The smallest absolute Gasteiger partial charge is 0.0717 e. The number of ether oxygens (including phenoxy) is 1. The summed E-state index contributed by atoms with van der Waals surface area (Å²) in [6.45, 7) is 0.915. The third kappa shape index (κ3) is 4.59. The highest BCUT2D eigenvalue weighted by Gasteiger charge is 2.06. The fourth-order valence-corrected chi connectivity index (χ4v) is 1.32. The molecule has 0 aliphatic heterocycles. The largest absolute Gasteiger partial charge is 0.375 e. The number of nitrogens with zero attached hydrogens (tertiary/aromatic N) is 2. The summed E-state index contributed by atoms with van der Waals surface area (Å²) in [4.78, 5) is 0. The maximum atomic E-state index is 8.81. The van der Waals surface area contributed by atoms with Crippen LogP contribution in [0.15, 0.2) is 30.3 Å². The Morgan fingerprint density at radius 1 is 1.19 bits per heavy atom. The molecule has 0 saturated heterocycles. The molecule has 1 rings (SSSR count). The van der Waals surface area contributed by atoms with Crippen molar-refractivity contribution in [2.24, 2.45) is 5.92 Å². The highest BCUT2D eigenvalue weighted by Crippen LogP contribution is 2.07. The lowest BCUT2D eigenvalue weighted by Crippen LogP contribution is -2.07. The first kappa shape index (κ1) is 12.2. The molecule has 0 N–H and O–H groups in total. The van der Waals surface area contributed by atoms with Crippen molar-refractivity contribution in [3.63, 3.8) is 0 Å². The van der Waals surface area contributed by atoms with Gasteiger partial charge in [0, 0.05) is 6.42 Å². The molecule has 0 radical (unpaired) electrons. The molecule has 0 amide bonds. The molecule has 0 saturated carbocycles. The third-order valence-electron chi connectivity index (χ3n) is 2.22. The number of rotatable bonds is 6. The van der Waals surface area contributed by atoms with E-state index in [-0.39, 0.29) is 5.92 Å². The number of hydrogen-bond acceptors (Lipinski definition) is 3. The van der Waals surface area contributed by atoms with E-state index in [0.29, 0.717) is 26.1 Å². The van der Waals surface area contributed by atoms with Crippen LogP contribution in [0.3, 0.4) is 0 Å². The Morgan fingerprint density at radius 2 is 1.94 bits per heavy atom. The van der Waals surface area contributed by atoms with Gasteiger partial charge >= 0.3 is 0 Å². The minimum absolute atomic E-state index is 0.177. The van der Waals surface area contributed by atoms with Gasteiger partial charge < -0.3 is 4.74 Å². The van der Waals surface area contributed by atoms with Crippen LogP contribution in [0, 0.1) is 28.6 Å². The minimum atomic E-state index is -0.177. The summed E-state index contributed by atoms with van der Waals surface area (Å²) < 4.78 is 5.44. The maximum absolute atomic E-state index is 8.81. The fraction of sp³-hybridized carbons (Fsp3) is 0.385. The van der Waals surface area contributed by atoms with Gasteiger partial charge in [0.15, 0.2) is 0 Å². The van der Waals surface area contributed by atoms with Gasteiger partial charge in [0.05, 0.1) is 31.3 Å². The standard InChI is InChI=1S/C13H14N2O/c14-8-4-7-13(9-15)11-16-10-12-5-2-1-3-6-12/h1-3,5-6,13H,4,7,10-11H2. The van der Waals surface area contributed by atoms with Crippen LogP contribution in [0.2, 0.25) is 0 Å². The van der Waals surface area contributed by atoms with E-state index in [1.165, 1.54) is 0 Å². The van der Waals surface area contributed by atoms with Crippen LogP contribution in [0.4, 0.5) is 0 Å². The Labute approximate surface area is 95.9 Å². The van der Waals surface area contributed by atoms with E-state index in [1.54, 1.807) is 0 Å². The van der Waals surface area contributed by atoms with Crippen molar-refractivity contribution in [3.8, 4) is 12.1 Å². The average molecular weight is 214 g/mol. The fourth-order valence-electron chi connectivity index (χ4n) is 1.32. The van der Waals surface area contributed by atoms with E-state index in [2.05, 4.69) is 6.07 Å². The van der Waals surface area contributed by atoms with E-state index in [1.807, 2.05) is 36.4 Å². The second-order valence-corrected chi connectivity index (χ2v) is 3.52. The van der Waals surface area contributed by atoms with Gasteiger partial charge in [0.1, 0.15) is 0 Å². The van der Waals surface area contributed by atoms with Crippen LogP contribution >= 0.6 is 0 Å². The molecule has 0 fully saturated rings. The molecular weight excluding hydrogens is 200 g/mol. The summed E-state index contributed by atoms with van der Waals surface area (Å²) >= 11 is 0. The van der Waals surface area contributed by atoms with Crippen molar-refractivity contribution in [1.82, 2.24) is 0 Å². The molecule has 3 nitrogen and oxygen atoms in total. The molecule has 1 unspecified atom stereocenters. The lowest BCUT2D eigenvalue weighted by atomic mass is 10.1. The topological polar surface area (TPSA) is 56.8 Å². The summed E-state index contributed by atoms with van der Waals surface area (Å²) in [5, 5.41) is 17.2. The first-order chi connectivity index (χ1) is 7.86. The molecule has 0 aliphatic carbocycles. The van der Waals surface area contributed by atoms with Crippen LogP contribution in [0.25, 0.3) is 0 Å². The predicted octanol–water partition coefficient (Wildman–Crippen LogP) is 2.65. The van der Waals surface area contributed by atoms with Crippen molar-refractivity contribution < 1.29 is 4.74 Å². The Kier molecular flexibility index (Phi) is 5.70. The van der Waals surface area contributed by atoms with Gasteiger partial charge in [0.25, 0.3) is 0 Å². The van der Waals surface area contributed by atoms with Gasteiger partial charge in [-0.05, 0) is 12.0 Å². The van der Waals surface area contributed by atoms with Crippen LogP contribution in [-0.2, 0) is 11.3 Å². The molecule has 1 aromatic rings. The van der Waals surface area contributed by atoms with Gasteiger partial charge in [-0.25, -0.2) is 0 Å². The normalized spacial score (nSPS) is 11.4. The van der Waals surface area contributed by atoms with E-state index < -0.39 is 0 Å². The molecule has 0 bridgehead atoms. The molecule has 0 heterocycles. The molecule has 1 atom stereocenters. The number of nitriles is 2. The van der Waals surface area contributed by atoms with Gasteiger partial charge in [-0.3, -0.25) is 0 Å². The average Bonchev–Trinajstić information content (AvgIpc) is 2.35. The summed E-state index contributed by atoms with van der Waals surface area (Å²) in [6, 6.07) is 14.0. The highest BCUT2D eigenvalue weighted by atomic mass is 16.5. The Morgan fingerprint density at radius 3 is 2.56 bits per heavy atom. The van der Waals surface area contributed by atoms with Gasteiger partial charge in [0.2, 0.25) is 0 Å². The zero-order chi connectivity index (χ0) is 11.6. The zero-order valence-electron chi connectivity index (χ0n) is 9.10. The Hall–Kier alpha value is -1.84. The molecule has 16 heavy (non-hydrogen) atoms. The van der Waals surface area contributed by atoms with Crippen LogP contribution < -0.4 is 0 Å². The molecule has 0 spiro atoms. The van der Waals surface area contributed by atoms with Crippen molar-refractivity contribution in [1.29, 1.82) is 10.5 Å². The van der Waals surface area contributed by atoms with Crippen LogP contribution in [0.1, 0.15) is 18.4 Å². The third-order valence-corrected chi connectivity index (χ3v) is 2.22. The maximum Gasteiger partial charge on any atom is 0.0717 e.